The molecule has 0 aliphatic heterocycles. The number of benzene rings is 1. The van der Waals surface area contributed by atoms with Gasteiger partial charge < -0.3 is 0 Å². The minimum Gasteiger partial charge on any atom is -0.238 e. The van der Waals surface area contributed by atoms with Crippen molar-refractivity contribution < 1.29 is 0 Å². The molecule has 0 radical (unpaired) electrons. The summed E-state index contributed by atoms with van der Waals surface area (Å²) in [5, 5.41) is 0.988. The number of pyridine rings is 1. The van der Waals surface area contributed by atoms with Gasteiger partial charge >= 0.3 is 0 Å². The van der Waals surface area contributed by atoms with Gasteiger partial charge in [-0.15, -0.1) is 0 Å². The molecule has 0 unspecified atom stereocenters. The van der Waals surface area contributed by atoms with Gasteiger partial charge in [0.1, 0.15) is 4.60 Å². The van der Waals surface area contributed by atoms with Crippen molar-refractivity contribution >= 4 is 122 Å². The quantitative estimate of drug-likeness (QED) is 0.159. The van der Waals surface area contributed by atoms with E-state index in [1.54, 1.807) is 0 Å². The standard InChI is InChI=1S/C9Br7N/c10-2-1-3(11)7(15)9(16)17-8(1)6(14)5(13)4(2)12. The minimum absolute atomic E-state index is 0.749. The zero-order valence-electron chi connectivity index (χ0n) is 7.59. The lowest BCUT2D eigenvalue weighted by atomic mass is 10.2. The van der Waals surface area contributed by atoms with E-state index in [1.165, 1.54) is 0 Å². The van der Waals surface area contributed by atoms with Crippen LogP contribution >= 0.6 is 112 Å². The fourth-order valence-electron chi connectivity index (χ4n) is 1.27. The van der Waals surface area contributed by atoms with Gasteiger partial charge in [0.15, 0.2) is 0 Å². The molecule has 17 heavy (non-hydrogen) atoms. The summed E-state index contributed by atoms with van der Waals surface area (Å²) in [7, 11) is 0. The molecule has 90 valence electrons. The Balaban J connectivity index is 3.12. The highest BCUT2D eigenvalue weighted by molar-refractivity contribution is 9.15. The topological polar surface area (TPSA) is 12.9 Å². The van der Waals surface area contributed by atoms with E-state index in [0.29, 0.717) is 0 Å². The fraction of sp³-hybridized carbons (Fsp3) is 0. The molecule has 0 aliphatic carbocycles. The summed E-state index contributed by atoms with van der Waals surface area (Å²) in [6, 6.07) is 0. The first-order valence-electron chi connectivity index (χ1n) is 4.02. The van der Waals surface area contributed by atoms with Crippen molar-refractivity contribution in [3.63, 3.8) is 0 Å². The highest BCUT2D eigenvalue weighted by Gasteiger charge is 2.19. The van der Waals surface area contributed by atoms with E-state index in [1.807, 2.05) is 0 Å². The molecule has 0 aliphatic rings. The second kappa shape index (κ2) is 5.77. The van der Waals surface area contributed by atoms with E-state index < -0.39 is 0 Å². The number of fused-ring (bicyclic) bond motifs is 1. The summed E-state index contributed by atoms with van der Waals surface area (Å²) in [5.74, 6) is 0. The predicted octanol–water partition coefficient (Wildman–Crippen LogP) is 7.57. The zero-order chi connectivity index (χ0) is 12.9. The maximum atomic E-state index is 4.51. The molecule has 0 atom stereocenters. The van der Waals surface area contributed by atoms with Crippen molar-refractivity contribution in [2.75, 3.05) is 0 Å². The SMILES string of the molecule is Brc1nc2c(Br)c(Br)c(Br)c(Br)c2c(Br)c1Br. The normalized spacial score (nSPS) is 11.2. The Bertz CT molecular complexity index is 629. The second-order valence-electron chi connectivity index (χ2n) is 3.01. The van der Waals surface area contributed by atoms with Crippen molar-refractivity contribution in [1.82, 2.24) is 4.98 Å². The summed E-state index contributed by atoms with van der Waals surface area (Å²) in [4.78, 5) is 4.51. The third-order valence-electron chi connectivity index (χ3n) is 2.05. The molecule has 0 spiro atoms. The molecule has 0 saturated carbocycles. The molecule has 8 heteroatoms. The fourth-order valence-corrected chi connectivity index (χ4v) is 5.43. The minimum atomic E-state index is 0.749. The Kier molecular flexibility index (Phi) is 5.22. The van der Waals surface area contributed by atoms with E-state index in [4.69, 9.17) is 0 Å². The third kappa shape index (κ3) is 2.61. The maximum absolute atomic E-state index is 4.51. The van der Waals surface area contributed by atoms with E-state index in [9.17, 15) is 0 Å². The number of aromatic nitrogens is 1. The van der Waals surface area contributed by atoms with Gasteiger partial charge in [-0.25, -0.2) is 4.98 Å². The van der Waals surface area contributed by atoms with Gasteiger partial charge in [-0.3, -0.25) is 0 Å². The first-order chi connectivity index (χ1) is 7.86. The Morgan fingerprint density at radius 3 is 1.59 bits per heavy atom. The molecule has 0 saturated heterocycles. The van der Waals surface area contributed by atoms with Crippen molar-refractivity contribution in [1.29, 1.82) is 0 Å². The van der Waals surface area contributed by atoms with Crippen LogP contribution in [0.3, 0.4) is 0 Å². The summed E-state index contributed by atoms with van der Waals surface area (Å²) >= 11 is 24.6. The van der Waals surface area contributed by atoms with Gasteiger partial charge in [-0.05, 0) is 112 Å². The molecule has 1 aromatic heterocycles. The van der Waals surface area contributed by atoms with Crippen LogP contribution in [0.4, 0.5) is 0 Å². The van der Waals surface area contributed by atoms with Crippen molar-refractivity contribution in [2.45, 2.75) is 0 Å². The van der Waals surface area contributed by atoms with Crippen LogP contribution in [-0.4, -0.2) is 4.98 Å². The number of rotatable bonds is 0. The van der Waals surface area contributed by atoms with Gasteiger partial charge in [0, 0.05) is 23.3 Å². The van der Waals surface area contributed by atoms with Crippen LogP contribution in [0.25, 0.3) is 10.9 Å². The van der Waals surface area contributed by atoms with Crippen molar-refractivity contribution in [3.05, 3.63) is 31.4 Å². The van der Waals surface area contributed by atoms with Gasteiger partial charge in [-0.1, -0.05) is 0 Å². The Hall–Kier alpha value is 1.99. The average Bonchev–Trinajstić information content (AvgIpc) is 2.30. The van der Waals surface area contributed by atoms with Gasteiger partial charge in [0.2, 0.25) is 0 Å². The van der Waals surface area contributed by atoms with E-state index >= 15 is 0 Å². The van der Waals surface area contributed by atoms with Gasteiger partial charge in [0.25, 0.3) is 0 Å². The molecule has 2 aromatic rings. The van der Waals surface area contributed by atoms with E-state index in [-0.39, 0.29) is 0 Å². The van der Waals surface area contributed by atoms with E-state index in [0.717, 1.165) is 42.3 Å². The summed E-state index contributed by atoms with van der Waals surface area (Å²) in [6.45, 7) is 0. The number of hydrogen-bond donors (Lipinski definition) is 0. The van der Waals surface area contributed by atoms with Gasteiger partial charge in [-0.2, -0.15) is 0 Å². The maximum Gasteiger partial charge on any atom is 0.122 e. The first-order valence-corrected chi connectivity index (χ1v) is 9.57. The Labute approximate surface area is 156 Å². The highest BCUT2D eigenvalue weighted by Crippen LogP contribution is 2.47. The molecule has 2 rings (SSSR count). The number of nitrogens with zero attached hydrogens (tertiary/aromatic N) is 1. The van der Waals surface area contributed by atoms with Crippen molar-refractivity contribution in [3.8, 4) is 0 Å². The Morgan fingerprint density at radius 2 is 1.00 bits per heavy atom. The predicted molar refractivity (Wildman–Crippen MR) is 95.6 cm³/mol. The molecule has 0 N–H and O–H groups in total. The third-order valence-corrected chi connectivity index (χ3v) is 10.00. The molecule has 0 fully saturated rings. The number of halogens is 7. The smallest absolute Gasteiger partial charge is 0.122 e. The summed E-state index contributed by atoms with van der Waals surface area (Å²) < 4.78 is 6.27. The molecule has 1 heterocycles. The molecule has 1 nitrogen and oxygen atoms in total. The van der Waals surface area contributed by atoms with Crippen LogP contribution in [0.1, 0.15) is 0 Å². The zero-order valence-corrected chi connectivity index (χ0v) is 18.7. The van der Waals surface area contributed by atoms with Crippen LogP contribution < -0.4 is 0 Å². The van der Waals surface area contributed by atoms with Crippen LogP contribution in [0.15, 0.2) is 31.4 Å². The van der Waals surface area contributed by atoms with Crippen LogP contribution in [0.2, 0.25) is 0 Å². The molecule has 0 bridgehead atoms. The first kappa shape index (κ1) is 15.4. The average molecular weight is 681 g/mol. The van der Waals surface area contributed by atoms with Gasteiger partial charge in [0.05, 0.1) is 14.5 Å². The van der Waals surface area contributed by atoms with Crippen molar-refractivity contribution in [2.24, 2.45) is 0 Å². The van der Waals surface area contributed by atoms with Crippen LogP contribution in [0.5, 0.6) is 0 Å². The summed E-state index contributed by atoms with van der Waals surface area (Å²) in [6.07, 6.45) is 0. The molecular weight excluding hydrogens is 681 g/mol. The molecule has 0 amide bonds. The lowest BCUT2D eigenvalue weighted by Gasteiger charge is -2.12. The summed E-state index contributed by atoms with van der Waals surface area (Å²) in [5.41, 5.74) is 0.855. The van der Waals surface area contributed by atoms with Crippen LogP contribution in [0, 0.1) is 0 Å². The number of hydrogen-bond acceptors (Lipinski definition) is 1. The molecule has 1 aromatic carbocycles. The Morgan fingerprint density at radius 1 is 0.529 bits per heavy atom. The lowest BCUT2D eigenvalue weighted by Crippen LogP contribution is -1.90. The highest BCUT2D eigenvalue weighted by atomic mass is 79.9. The largest absolute Gasteiger partial charge is 0.238 e. The molecular formula is C9Br7N. The van der Waals surface area contributed by atoms with Crippen LogP contribution in [-0.2, 0) is 0 Å². The second-order valence-corrected chi connectivity index (χ2v) is 8.52. The monoisotopic (exact) mass is 674 g/mol. The lowest BCUT2D eigenvalue weighted by molar-refractivity contribution is 1.29. The van der Waals surface area contributed by atoms with E-state index in [2.05, 4.69) is 116 Å².